The van der Waals surface area contributed by atoms with Crippen LogP contribution in [-0.4, -0.2) is 67.8 Å². The Morgan fingerprint density at radius 3 is 2.40 bits per heavy atom. The van der Waals surface area contributed by atoms with Gasteiger partial charge in [0.2, 0.25) is 0 Å². The van der Waals surface area contributed by atoms with Crippen molar-refractivity contribution in [2.45, 2.75) is 0 Å². The fourth-order valence-electron chi connectivity index (χ4n) is 1.63. The Kier molecular flexibility index (Phi) is 6.97. The second-order valence-corrected chi connectivity index (χ2v) is 4.78. The second kappa shape index (κ2) is 8.50. The van der Waals surface area contributed by atoms with E-state index in [4.69, 9.17) is 9.84 Å². The number of halogens is 1. The van der Waals surface area contributed by atoms with Crippen molar-refractivity contribution in [3.63, 3.8) is 0 Å². The molecular formula is C14H21FN2O3. The minimum absolute atomic E-state index is 0.0133. The highest BCUT2D eigenvalue weighted by Gasteiger charge is 2.10. The quantitative estimate of drug-likeness (QED) is 0.737. The summed E-state index contributed by atoms with van der Waals surface area (Å²) in [5, 5.41) is 8.86. The van der Waals surface area contributed by atoms with E-state index in [1.807, 2.05) is 23.9 Å². The summed E-state index contributed by atoms with van der Waals surface area (Å²) in [4.78, 5) is 14.6. The van der Waals surface area contributed by atoms with Gasteiger partial charge < -0.3 is 14.7 Å². The molecule has 0 unspecified atom stereocenters. The molecule has 0 saturated carbocycles. The van der Waals surface area contributed by atoms with Gasteiger partial charge >= 0.3 is 5.97 Å². The second-order valence-electron chi connectivity index (χ2n) is 4.78. The number of hydrogen-bond donors (Lipinski definition) is 1. The lowest BCUT2D eigenvalue weighted by Crippen LogP contribution is -2.38. The molecule has 0 fully saturated rings. The number of likely N-dealkylation sites (N-methyl/N-ethyl adjacent to an activating group) is 1. The molecule has 0 aromatic heterocycles. The van der Waals surface area contributed by atoms with Crippen LogP contribution in [-0.2, 0) is 4.79 Å². The number of rotatable bonds is 9. The Morgan fingerprint density at radius 1 is 1.20 bits per heavy atom. The van der Waals surface area contributed by atoms with Gasteiger partial charge in [0.05, 0.1) is 6.54 Å². The molecule has 0 spiro atoms. The van der Waals surface area contributed by atoms with Crippen LogP contribution in [0.3, 0.4) is 0 Å². The Bertz CT molecular complexity index is 409. The number of aliphatic carboxylic acids is 1. The molecule has 6 heteroatoms. The first-order valence-corrected chi connectivity index (χ1v) is 6.44. The van der Waals surface area contributed by atoms with Gasteiger partial charge in [0, 0.05) is 19.6 Å². The van der Waals surface area contributed by atoms with Crippen molar-refractivity contribution in [2.24, 2.45) is 0 Å². The SMILES string of the molecule is CN(C)CCN(CCOc1ccc(F)cc1)CC(=O)O. The normalized spacial score (nSPS) is 11.1. The van der Waals surface area contributed by atoms with Crippen LogP contribution >= 0.6 is 0 Å². The third-order valence-electron chi connectivity index (χ3n) is 2.71. The average molecular weight is 284 g/mol. The number of carboxylic acid groups (broad SMARTS) is 1. The van der Waals surface area contributed by atoms with Crippen LogP contribution in [0.5, 0.6) is 5.75 Å². The Balaban J connectivity index is 2.36. The highest BCUT2D eigenvalue weighted by Crippen LogP contribution is 2.10. The van der Waals surface area contributed by atoms with E-state index in [1.165, 1.54) is 12.1 Å². The zero-order valence-electron chi connectivity index (χ0n) is 11.9. The maximum absolute atomic E-state index is 12.7. The molecule has 0 heterocycles. The summed E-state index contributed by atoms with van der Waals surface area (Å²) in [6.45, 7) is 2.31. The average Bonchev–Trinajstić information content (AvgIpc) is 2.37. The van der Waals surface area contributed by atoms with E-state index in [2.05, 4.69) is 0 Å². The zero-order chi connectivity index (χ0) is 15.0. The molecule has 1 aromatic rings. The fourth-order valence-corrected chi connectivity index (χ4v) is 1.63. The maximum Gasteiger partial charge on any atom is 0.317 e. The van der Waals surface area contributed by atoms with Crippen molar-refractivity contribution in [2.75, 3.05) is 46.9 Å². The van der Waals surface area contributed by atoms with Crippen LogP contribution in [0.1, 0.15) is 0 Å². The van der Waals surface area contributed by atoms with Crippen molar-refractivity contribution >= 4 is 5.97 Å². The van der Waals surface area contributed by atoms with E-state index in [0.29, 0.717) is 25.4 Å². The number of carboxylic acids is 1. The monoisotopic (exact) mass is 284 g/mol. The van der Waals surface area contributed by atoms with Crippen molar-refractivity contribution in [1.82, 2.24) is 9.80 Å². The van der Waals surface area contributed by atoms with E-state index in [-0.39, 0.29) is 12.4 Å². The molecular weight excluding hydrogens is 263 g/mol. The van der Waals surface area contributed by atoms with Crippen LogP contribution in [0.2, 0.25) is 0 Å². The summed E-state index contributed by atoms with van der Waals surface area (Å²) in [5.41, 5.74) is 0. The summed E-state index contributed by atoms with van der Waals surface area (Å²) < 4.78 is 18.2. The van der Waals surface area contributed by atoms with E-state index in [0.717, 1.165) is 6.54 Å². The third-order valence-corrected chi connectivity index (χ3v) is 2.71. The van der Waals surface area contributed by atoms with Gasteiger partial charge in [-0.25, -0.2) is 4.39 Å². The van der Waals surface area contributed by atoms with Gasteiger partial charge in [0.15, 0.2) is 0 Å². The summed E-state index contributed by atoms with van der Waals surface area (Å²) >= 11 is 0. The first-order valence-electron chi connectivity index (χ1n) is 6.44. The van der Waals surface area contributed by atoms with E-state index < -0.39 is 5.97 Å². The first kappa shape index (κ1) is 16.4. The van der Waals surface area contributed by atoms with Crippen LogP contribution in [0.15, 0.2) is 24.3 Å². The minimum atomic E-state index is -0.856. The number of benzene rings is 1. The Labute approximate surface area is 118 Å². The van der Waals surface area contributed by atoms with Crippen LogP contribution in [0.25, 0.3) is 0 Å². The van der Waals surface area contributed by atoms with Crippen LogP contribution in [0.4, 0.5) is 4.39 Å². The molecule has 20 heavy (non-hydrogen) atoms. The first-order chi connectivity index (χ1) is 9.47. The molecule has 0 aliphatic carbocycles. The van der Waals surface area contributed by atoms with Gasteiger partial charge in [0.25, 0.3) is 0 Å². The van der Waals surface area contributed by atoms with E-state index >= 15 is 0 Å². The molecule has 0 amide bonds. The lowest BCUT2D eigenvalue weighted by atomic mass is 10.3. The molecule has 5 nitrogen and oxygen atoms in total. The largest absolute Gasteiger partial charge is 0.492 e. The predicted molar refractivity (Wildman–Crippen MR) is 74.5 cm³/mol. The van der Waals surface area contributed by atoms with Gasteiger partial charge in [-0.3, -0.25) is 9.69 Å². The number of ether oxygens (including phenoxy) is 1. The van der Waals surface area contributed by atoms with Gasteiger partial charge in [-0.2, -0.15) is 0 Å². The topological polar surface area (TPSA) is 53.0 Å². The lowest BCUT2D eigenvalue weighted by Gasteiger charge is -2.22. The zero-order valence-corrected chi connectivity index (χ0v) is 11.9. The molecule has 0 aliphatic rings. The van der Waals surface area contributed by atoms with Crippen molar-refractivity contribution in [1.29, 1.82) is 0 Å². The van der Waals surface area contributed by atoms with Crippen LogP contribution < -0.4 is 4.74 Å². The smallest absolute Gasteiger partial charge is 0.317 e. The van der Waals surface area contributed by atoms with Gasteiger partial charge in [0.1, 0.15) is 18.2 Å². The summed E-state index contributed by atoms with van der Waals surface area (Å²) in [6.07, 6.45) is 0. The number of carbonyl (C=O) groups is 1. The third kappa shape index (κ3) is 7.06. The number of hydrogen-bond acceptors (Lipinski definition) is 4. The fraction of sp³-hybridized carbons (Fsp3) is 0.500. The molecule has 1 rings (SSSR count). The van der Waals surface area contributed by atoms with E-state index in [9.17, 15) is 9.18 Å². The van der Waals surface area contributed by atoms with Gasteiger partial charge in [-0.1, -0.05) is 0 Å². The van der Waals surface area contributed by atoms with Gasteiger partial charge in [-0.05, 0) is 38.4 Å². The summed E-state index contributed by atoms with van der Waals surface area (Å²) in [7, 11) is 3.88. The standard InChI is InChI=1S/C14H21FN2O3/c1-16(2)7-8-17(11-14(18)19)9-10-20-13-5-3-12(15)4-6-13/h3-6H,7-11H2,1-2H3,(H,18,19). The van der Waals surface area contributed by atoms with E-state index in [1.54, 1.807) is 12.1 Å². The highest BCUT2D eigenvalue weighted by molar-refractivity contribution is 5.69. The van der Waals surface area contributed by atoms with Crippen molar-refractivity contribution < 1.29 is 19.0 Å². The lowest BCUT2D eigenvalue weighted by molar-refractivity contribution is -0.138. The minimum Gasteiger partial charge on any atom is -0.492 e. The van der Waals surface area contributed by atoms with Crippen molar-refractivity contribution in [3.05, 3.63) is 30.1 Å². The molecule has 0 atom stereocenters. The molecule has 0 bridgehead atoms. The summed E-state index contributed by atoms with van der Waals surface area (Å²) in [5.74, 6) is -0.587. The highest BCUT2D eigenvalue weighted by atomic mass is 19.1. The molecule has 1 aromatic carbocycles. The number of nitrogens with zero attached hydrogens (tertiary/aromatic N) is 2. The summed E-state index contributed by atoms with van der Waals surface area (Å²) in [6, 6.07) is 5.76. The molecule has 0 saturated heterocycles. The Hall–Kier alpha value is -1.66. The predicted octanol–water partition coefficient (Wildman–Crippen LogP) is 1.15. The Morgan fingerprint density at radius 2 is 1.85 bits per heavy atom. The van der Waals surface area contributed by atoms with Crippen LogP contribution in [0, 0.1) is 5.82 Å². The van der Waals surface area contributed by atoms with Crippen molar-refractivity contribution in [3.8, 4) is 5.75 Å². The molecule has 0 radical (unpaired) electrons. The van der Waals surface area contributed by atoms with Gasteiger partial charge in [-0.15, -0.1) is 0 Å². The molecule has 112 valence electrons. The molecule has 0 aliphatic heterocycles. The maximum atomic E-state index is 12.7. The molecule has 1 N–H and O–H groups in total.